The van der Waals surface area contributed by atoms with Gasteiger partial charge < -0.3 is 20.3 Å². The lowest BCUT2D eigenvalue weighted by Crippen LogP contribution is -2.45. The Morgan fingerprint density at radius 2 is 2.12 bits per heavy atom. The van der Waals surface area contributed by atoms with Crippen LogP contribution in [0, 0.1) is 11.3 Å². The zero-order chi connectivity index (χ0) is 23.6. The van der Waals surface area contributed by atoms with Gasteiger partial charge in [0.1, 0.15) is 4.88 Å². The molecule has 3 N–H and O–H groups in total. The summed E-state index contributed by atoms with van der Waals surface area (Å²) in [4.78, 5) is 35.4. The number of carbonyl (C=O) groups is 2. The van der Waals surface area contributed by atoms with Crippen LogP contribution in [0.5, 0.6) is 0 Å². The largest absolute Gasteiger partial charge is 0.394 e. The number of aliphatic hydroxyl groups excluding tert-OH is 1. The maximum absolute atomic E-state index is 12.9. The summed E-state index contributed by atoms with van der Waals surface area (Å²) in [7, 11) is 0. The van der Waals surface area contributed by atoms with Gasteiger partial charge in [-0.2, -0.15) is 5.26 Å². The third kappa shape index (κ3) is 6.86. The molecule has 33 heavy (non-hydrogen) atoms. The number of nitrogens with zero attached hydrogens (tertiary/aromatic N) is 5. The number of thiazole rings is 1. The van der Waals surface area contributed by atoms with E-state index in [2.05, 4.69) is 26.7 Å². The highest BCUT2D eigenvalue weighted by molar-refractivity contribution is 7.17. The number of nitrogens with one attached hydrogen (secondary N) is 2. The molecular weight excluding hydrogens is 442 g/mol. The van der Waals surface area contributed by atoms with E-state index in [4.69, 9.17) is 5.26 Å². The van der Waals surface area contributed by atoms with E-state index in [0.29, 0.717) is 22.1 Å². The standard InChI is InChI=1S/C22H25N7O3S/c1-16(14-30)27-21(32)29(13-18-5-3-17(11-23)4-6-18)22-26-12-19(33-22)20(31)25-7-2-9-28-10-8-24-15-28/h3-6,8,10,12,15-16,30H,2,7,9,13-14H2,1H3,(H,25,31)(H,27,32). The zero-order valence-electron chi connectivity index (χ0n) is 18.1. The van der Waals surface area contributed by atoms with Gasteiger partial charge in [-0.15, -0.1) is 0 Å². The number of benzene rings is 1. The van der Waals surface area contributed by atoms with E-state index in [9.17, 15) is 14.7 Å². The van der Waals surface area contributed by atoms with Crippen LogP contribution in [0.3, 0.4) is 0 Å². The van der Waals surface area contributed by atoms with Crippen LogP contribution in [0.25, 0.3) is 0 Å². The molecule has 0 aliphatic heterocycles. The minimum absolute atomic E-state index is 0.190. The van der Waals surface area contributed by atoms with E-state index in [1.54, 1.807) is 43.7 Å². The molecule has 0 bridgehead atoms. The number of urea groups is 1. The van der Waals surface area contributed by atoms with Gasteiger partial charge in [-0.3, -0.25) is 9.69 Å². The van der Waals surface area contributed by atoms with Crippen molar-refractivity contribution in [3.05, 3.63) is 65.2 Å². The Bertz CT molecular complexity index is 1090. The minimum atomic E-state index is -0.445. The fourth-order valence-electron chi connectivity index (χ4n) is 2.89. The molecule has 3 rings (SSSR count). The molecule has 0 saturated heterocycles. The van der Waals surface area contributed by atoms with Crippen molar-refractivity contribution in [2.45, 2.75) is 32.5 Å². The Morgan fingerprint density at radius 3 is 2.79 bits per heavy atom. The number of hydrogen-bond acceptors (Lipinski definition) is 7. The fraction of sp³-hybridized carbons (Fsp3) is 0.318. The quantitative estimate of drug-likeness (QED) is 0.391. The van der Waals surface area contributed by atoms with E-state index in [1.807, 2.05) is 10.8 Å². The molecule has 1 atom stereocenters. The molecule has 0 fully saturated rings. The molecule has 0 aliphatic rings. The Balaban J connectivity index is 1.67. The van der Waals surface area contributed by atoms with Gasteiger partial charge in [-0.1, -0.05) is 23.5 Å². The van der Waals surface area contributed by atoms with Crippen LogP contribution in [0.1, 0.15) is 34.1 Å². The number of aromatic nitrogens is 3. The first-order chi connectivity index (χ1) is 16.0. The number of imidazole rings is 1. The van der Waals surface area contributed by atoms with Gasteiger partial charge in [0.2, 0.25) is 0 Å². The highest BCUT2D eigenvalue weighted by Crippen LogP contribution is 2.25. The summed E-state index contributed by atoms with van der Waals surface area (Å²) in [5.41, 5.74) is 1.31. The molecule has 3 amide bonds. The van der Waals surface area contributed by atoms with E-state index >= 15 is 0 Å². The molecule has 2 heterocycles. The molecule has 0 radical (unpaired) electrons. The van der Waals surface area contributed by atoms with Crippen molar-refractivity contribution in [1.29, 1.82) is 5.26 Å². The Kier molecular flexibility index (Phi) is 8.51. The third-order valence-electron chi connectivity index (χ3n) is 4.70. The van der Waals surface area contributed by atoms with Crippen molar-refractivity contribution in [2.75, 3.05) is 18.1 Å². The summed E-state index contributed by atoms with van der Waals surface area (Å²) in [6.45, 7) is 2.90. The second kappa shape index (κ2) is 11.8. The van der Waals surface area contributed by atoms with Gasteiger partial charge in [0.05, 0.1) is 43.4 Å². The minimum Gasteiger partial charge on any atom is -0.394 e. The molecule has 1 unspecified atom stereocenters. The first kappa shape index (κ1) is 23.9. The number of anilines is 1. The molecule has 3 aromatic rings. The van der Waals surface area contributed by atoms with E-state index in [1.165, 1.54) is 11.1 Å². The van der Waals surface area contributed by atoms with Crippen LogP contribution in [0.2, 0.25) is 0 Å². The average Bonchev–Trinajstić information content (AvgIpc) is 3.53. The van der Waals surface area contributed by atoms with Crippen LogP contribution >= 0.6 is 11.3 Å². The van der Waals surface area contributed by atoms with Crippen LogP contribution in [0.15, 0.2) is 49.2 Å². The second-order valence-electron chi connectivity index (χ2n) is 7.35. The first-order valence-corrected chi connectivity index (χ1v) is 11.2. The van der Waals surface area contributed by atoms with E-state index in [0.717, 1.165) is 29.9 Å². The topological polar surface area (TPSA) is 136 Å². The van der Waals surface area contributed by atoms with Crippen LogP contribution < -0.4 is 15.5 Å². The lowest BCUT2D eigenvalue weighted by molar-refractivity contribution is 0.0956. The second-order valence-corrected chi connectivity index (χ2v) is 8.35. The van der Waals surface area contributed by atoms with Crippen molar-refractivity contribution in [2.24, 2.45) is 0 Å². The molecular formula is C22H25N7O3S. The Labute approximate surface area is 195 Å². The normalized spacial score (nSPS) is 11.4. The number of carbonyl (C=O) groups excluding carboxylic acids is 2. The first-order valence-electron chi connectivity index (χ1n) is 10.4. The average molecular weight is 468 g/mol. The smallest absolute Gasteiger partial charge is 0.324 e. The number of aliphatic hydroxyl groups is 1. The highest BCUT2D eigenvalue weighted by Gasteiger charge is 2.22. The summed E-state index contributed by atoms with van der Waals surface area (Å²) in [6.07, 6.45) is 7.49. The Morgan fingerprint density at radius 1 is 1.33 bits per heavy atom. The van der Waals surface area contributed by atoms with Crippen molar-refractivity contribution in [1.82, 2.24) is 25.2 Å². The fourth-order valence-corrected chi connectivity index (χ4v) is 3.72. The highest BCUT2D eigenvalue weighted by atomic mass is 32.1. The summed E-state index contributed by atoms with van der Waals surface area (Å²) >= 11 is 1.11. The summed E-state index contributed by atoms with van der Waals surface area (Å²) in [5.74, 6) is -0.258. The molecule has 0 saturated carbocycles. The van der Waals surface area contributed by atoms with E-state index < -0.39 is 12.1 Å². The van der Waals surface area contributed by atoms with Gasteiger partial charge in [0.25, 0.3) is 5.91 Å². The number of nitriles is 1. The van der Waals surface area contributed by atoms with E-state index in [-0.39, 0.29) is 19.1 Å². The van der Waals surface area contributed by atoms with Crippen LogP contribution in [-0.4, -0.2) is 50.8 Å². The molecule has 11 heteroatoms. The summed E-state index contributed by atoms with van der Waals surface area (Å²) < 4.78 is 1.93. The van der Waals surface area contributed by atoms with Gasteiger partial charge in [-0.05, 0) is 31.0 Å². The molecule has 1 aromatic carbocycles. The maximum atomic E-state index is 12.9. The molecule has 172 valence electrons. The zero-order valence-corrected chi connectivity index (χ0v) is 19.0. The third-order valence-corrected chi connectivity index (χ3v) is 5.72. The summed E-state index contributed by atoms with van der Waals surface area (Å²) in [6, 6.07) is 8.04. The number of hydrogen-bond donors (Lipinski definition) is 3. The predicted octanol–water partition coefficient (Wildman–Crippen LogP) is 2.13. The predicted molar refractivity (Wildman–Crippen MR) is 124 cm³/mol. The number of rotatable bonds is 10. The number of amides is 3. The van der Waals surface area contributed by atoms with Crippen molar-refractivity contribution >= 4 is 28.4 Å². The Hall–Kier alpha value is -3.75. The monoisotopic (exact) mass is 467 g/mol. The molecule has 2 aromatic heterocycles. The van der Waals surface area contributed by atoms with Crippen molar-refractivity contribution < 1.29 is 14.7 Å². The van der Waals surface area contributed by atoms with Gasteiger partial charge in [0.15, 0.2) is 5.13 Å². The van der Waals surface area contributed by atoms with Crippen molar-refractivity contribution in [3.63, 3.8) is 0 Å². The van der Waals surface area contributed by atoms with Gasteiger partial charge >= 0.3 is 6.03 Å². The van der Waals surface area contributed by atoms with Gasteiger partial charge in [-0.25, -0.2) is 14.8 Å². The lowest BCUT2D eigenvalue weighted by atomic mass is 10.1. The molecule has 0 spiro atoms. The van der Waals surface area contributed by atoms with Crippen LogP contribution in [-0.2, 0) is 13.1 Å². The lowest BCUT2D eigenvalue weighted by Gasteiger charge is -2.22. The maximum Gasteiger partial charge on any atom is 0.324 e. The molecule has 0 aliphatic carbocycles. The summed E-state index contributed by atoms with van der Waals surface area (Å²) in [5, 5.41) is 24.2. The number of aryl methyl sites for hydroxylation is 1. The SMILES string of the molecule is CC(CO)NC(=O)N(Cc1ccc(C#N)cc1)c1ncc(C(=O)NCCCn2ccnc2)s1. The van der Waals surface area contributed by atoms with Crippen molar-refractivity contribution in [3.8, 4) is 6.07 Å². The molecule has 10 nitrogen and oxygen atoms in total. The van der Waals surface area contributed by atoms with Gasteiger partial charge in [0, 0.05) is 25.5 Å². The van der Waals surface area contributed by atoms with Crippen LogP contribution in [0.4, 0.5) is 9.93 Å².